The van der Waals surface area contributed by atoms with Gasteiger partial charge in [0.15, 0.2) is 0 Å². The third-order valence-electron chi connectivity index (χ3n) is 3.96. The number of hydrogen-bond acceptors (Lipinski definition) is 5. The molecule has 0 fully saturated rings. The molecule has 1 aromatic heterocycles. The van der Waals surface area contributed by atoms with Gasteiger partial charge in [0.1, 0.15) is 5.75 Å². The van der Waals surface area contributed by atoms with Crippen LogP contribution < -0.4 is 10.1 Å². The maximum atomic E-state index is 8.71. The number of aromatic nitrogens is 2. The number of rotatable bonds is 7. The van der Waals surface area contributed by atoms with Crippen molar-refractivity contribution < 1.29 is 28.5 Å². The third-order valence-corrected chi connectivity index (χ3v) is 3.96. The van der Waals surface area contributed by atoms with E-state index in [0.29, 0.717) is 0 Å². The summed E-state index contributed by atoms with van der Waals surface area (Å²) in [5, 5.41) is 5.88. The molecule has 3 aromatic rings. The van der Waals surface area contributed by atoms with E-state index >= 15 is 0 Å². The largest absolute Gasteiger partial charge is 0.502 e. The Hall–Kier alpha value is -3.17. The van der Waals surface area contributed by atoms with Gasteiger partial charge in [-0.05, 0) is 68.7 Å². The van der Waals surface area contributed by atoms with Gasteiger partial charge in [-0.1, -0.05) is 30.2 Å². The van der Waals surface area contributed by atoms with Crippen molar-refractivity contribution in [3.8, 4) is 28.6 Å². The zero-order chi connectivity index (χ0) is 33.5. The molecule has 154 valence electrons. The first kappa shape index (κ1) is 9.32. The molecule has 4 rings (SSSR count). The quantitative estimate of drug-likeness (QED) is 0.498. The number of nitrogens with one attached hydrogen (secondary N) is 1. The van der Waals surface area contributed by atoms with Crippen LogP contribution in [-0.4, -0.2) is 22.7 Å². The Bertz CT molecular complexity index is 1710. The number of ether oxygens (including phenoxy) is 1. The van der Waals surface area contributed by atoms with Gasteiger partial charge in [-0.3, -0.25) is 0 Å². The number of nitrogens with zero attached hydrogens (tertiary/aromatic N) is 3. The first-order valence-corrected chi connectivity index (χ1v) is 8.97. The Balaban J connectivity index is 2.00. The van der Waals surface area contributed by atoms with Gasteiger partial charge in [-0.2, -0.15) is 4.98 Å². The second-order valence-corrected chi connectivity index (χ2v) is 6.39. The minimum Gasteiger partial charge on any atom is -0.502 e. The monoisotopic (exact) mass is 416 g/mol. The van der Waals surface area contributed by atoms with Crippen molar-refractivity contribution in [1.82, 2.24) is 15.5 Å². The van der Waals surface area contributed by atoms with Crippen molar-refractivity contribution in [3.05, 3.63) is 58.8 Å². The number of fused-ring (bicyclic) bond motifs is 1. The van der Waals surface area contributed by atoms with Gasteiger partial charge < -0.3 is 14.6 Å². The minimum atomic E-state index is -3.07. The average molecular weight is 417 g/mol. The Morgan fingerprint density at radius 2 is 2.30 bits per heavy atom. The Kier molecular flexibility index (Phi) is 2.70. The summed E-state index contributed by atoms with van der Waals surface area (Å²) in [7, 11) is 0. The van der Waals surface area contributed by atoms with Crippen molar-refractivity contribution in [2.75, 3.05) is 6.50 Å². The minimum absolute atomic E-state index is 0.296. The van der Waals surface area contributed by atoms with Gasteiger partial charge in [-0.15, -0.1) is 0 Å². The van der Waals surface area contributed by atoms with Crippen molar-refractivity contribution in [2.45, 2.75) is 52.0 Å². The van der Waals surface area contributed by atoms with Crippen molar-refractivity contribution in [3.63, 3.8) is 0 Å². The summed E-state index contributed by atoms with van der Waals surface area (Å²) in [6.45, 7) is 8.72. The molecule has 30 heavy (non-hydrogen) atoms. The van der Waals surface area contributed by atoms with Crippen molar-refractivity contribution in [1.29, 1.82) is 0 Å². The molecule has 1 N–H and O–H groups in total. The van der Waals surface area contributed by atoms with E-state index in [1.165, 1.54) is 0 Å². The fourth-order valence-electron chi connectivity index (χ4n) is 2.72. The summed E-state index contributed by atoms with van der Waals surface area (Å²) >= 11 is 0. The SMILES string of the molecule is [2H]c1c([2H])c(-c2noc(-c3c([2H])c([2H])c(OC(C)C)c([N+]#[C-])c3[2H])n2)c2c(c1[2H])[C@@H](NC([2H])([2H])C([2H])([2H])C)C([2H])([2H])C2([2H])[2H]. The number of hydrogen-bond donors (Lipinski definition) is 1. The summed E-state index contributed by atoms with van der Waals surface area (Å²) < 4.78 is 128. The lowest BCUT2D eigenvalue weighted by molar-refractivity contribution is 0.244. The molecule has 0 unspecified atom stereocenters. The maximum absolute atomic E-state index is 8.71. The number of benzene rings is 2. The van der Waals surface area contributed by atoms with E-state index in [1.54, 1.807) is 13.8 Å². The first-order chi connectivity index (χ1) is 20.0. The van der Waals surface area contributed by atoms with E-state index in [2.05, 4.69) is 20.3 Å². The lowest BCUT2D eigenvalue weighted by Crippen LogP contribution is -2.19. The van der Waals surface area contributed by atoms with Crippen molar-refractivity contribution >= 4 is 5.69 Å². The van der Waals surface area contributed by atoms with Gasteiger partial charge >= 0.3 is 0 Å². The highest BCUT2D eigenvalue weighted by molar-refractivity contribution is 5.70. The molecule has 0 saturated heterocycles. The highest BCUT2D eigenvalue weighted by Gasteiger charge is 2.26. The lowest BCUT2D eigenvalue weighted by Gasteiger charge is -2.13. The maximum Gasteiger partial charge on any atom is 0.256 e. The fraction of sp³-hybridized carbons (Fsp3) is 0.375. The second kappa shape index (κ2) is 8.68. The van der Waals surface area contributed by atoms with Gasteiger partial charge in [0.25, 0.3) is 5.89 Å². The zero-order valence-electron chi connectivity index (χ0n) is 30.3. The molecule has 0 aliphatic heterocycles. The van der Waals surface area contributed by atoms with Crippen LogP contribution in [0, 0.1) is 6.57 Å². The molecule has 1 atom stereocenters. The summed E-state index contributed by atoms with van der Waals surface area (Å²) in [5.74, 6) is -1.47. The van der Waals surface area contributed by atoms with E-state index < -0.39 is 114 Å². The summed E-state index contributed by atoms with van der Waals surface area (Å²) in [4.78, 5) is 7.35. The summed E-state index contributed by atoms with van der Waals surface area (Å²) in [6, 6.07) is -6.15. The zero-order valence-corrected chi connectivity index (χ0v) is 16.3. The smallest absolute Gasteiger partial charge is 0.256 e. The van der Waals surface area contributed by atoms with Crippen LogP contribution in [0.1, 0.15) is 69.9 Å². The lowest BCUT2D eigenvalue weighted by atomic mass is 10.0. The summed E-state index contributed by atoms with van der Waals surface area (Å²) in [5.41, 5.74) is -2.64. The van der Waals surface area contributed by atoms with Gasteiger partial charge in [-0.25, -0.2) is 4.85 Å². The first-order valence-electron chi connectivity index (χ1n) is 16.0. The molecule has 2 aromatic carbocycles. The molecule has 6 heteroatoms. The summed E-state index contributed by atoms with van der Waals surface area (Å²) in [6.07, 6.45) is -9.21. The van der Waals surface area contributed by atoms with E-state index in [1.807, 2.05) is 0 Å². The van der Waals surface area contributed by atoms with Gasteiger partial charge in [0.2, 0.25) is 11.5 Å². The van der Waals surface area contributed by atoms with Gasteiger partial charge in [0.05, 0.1) is 19.5 Å². The van der Waals surface area contributed by atoms with E-state index in [-0.39, 0.29) is 5.75 Å². The molecule has 0 bridgehead atoms. The van der Waals surface area contributed by atoms with Crippen LogP contribution in [0.3, 0.4) is 0 Å². The van der Waals surface area contributed by atoms with Crippen molar-refractivity contribution in [2.24, 2.45) is 0 Å². The third kappa shape index (κ3) is 3.94. The molecule has 0 amide bonds. The Morgan fingerprint density at radius 3 is 3.07 bits per heavy atom. The highest BCUT2D eigenvalue weighted by atomic mass is 16.5. The van der Waals surface area contributed by atoms with Gasteiger partial charge in [0, 0.05) is 29.5 Å². The average Bonchev–Trinajstić information content (AvgIpc) is 3.42. The molecular formula is C24H26N4O2. The molecule has 1 aliphatic rings. The molecule has 0 saturated carbocycles. The topological polar surface area (TPSA) is 64.5 Å². The van der Waals surface area contributed by atoms with E-state index in [0.717, 1.165) is 6.92 Å². The predicted octanol–water partition coefficient (Wildman–Crippen LogP) is 5.73. The molecular weight excluding hydrogens is 376 g/mol. The standard InChI is InChI=1S/C24H26N4O2/c1-5-13-26-20-11-10-17-18(20)7-6-8-19(17)23-27-24(30-28-23)16-9-12-22(29-15(2)3)21(14-16)25-4/h6-9,12,14-15,20,26H,5,10-11,13H2,1-3H3/t20-/m0/s1/i5D2,6D,7D,8D,9D,10D2,11D2,12D,13D2,14D. The predicted molar refractivity (Wildman–Crippen MR) is 117 cm³/mol. The van der Waals surface area contributed by atoms with E-state index in [4.69, 9.17) is 35.0 Å². The van der Waals surface area contributed by atoms with Crippen LogP contribution in [0.15, 0.2) is 40.8 Å². The molecule has 6 nitrogen and oxygen atoms in total. The van der Waals surface area contributed by atoms with Crippen LogP contribution in [0.2, 0.25) is 0 Å². The second-order valence-electron chi connectivity index (χ2n) is 6.39. The van der Waals surface area contributed by atoms with Crippen LogP contribution in [0.5, 0.6) is 5.75 Å². The normalized spacial score (nSPS) is 26.3. The Morgan fingerprint density at radius 1 is 1.43 bits per heavy atom. The van der Waals surface area contributed by atoms with Crippen LogP contribution in [-0.2, 0) is 6.37 Å². The van der Waals surface area contributed by atoms with Crippen LogP contribution in [0.25, 0.3) is 27.7 Å². The van der Waals surface area contributed by atoms with E-state index in [9.17, 15) is 0 Å². The molecule has 0 radical (unpaired) electrons. The molecule has 1 heterocycles. The van der Waals surface area contributed by atoms with Crippen LogP contribution >= 0.6 is 0 Å². The fourth-order valence-corrected chi connectivity index (χ4v) is 2.72. The molecule has 0 spiro atoms. The molecule has 1 aliphatic carbocycles. The highest BCUT2D eigenvalue weighted by Crippen LogP contribution is 2.38. The Labute approximate surface area is 196 Å². The van der Waals surface area contributed by atoms with Crippen LogP contribution in [0.4, 0.5) is 5.69 Å².